The zero-order valence-electron chi connectivity index (χ0n) is 18.1. The van der Waals surface area contributed by atoms with E-state index in [1.165, 1.54) is 18.2 Å². The Kier molecular flexibility index (Phi) is 9.29. The maximum Gasteiger partial charge on any atom is 0.490 e. The number of nitrogens with one attached hydrogen (secondary N) is 1. The third-order valence-electron chi connectivity index (χ3n) is 4.74. The molecule has 1 aliphatic heterocycles. The number of hydrogen-bond acceptors (Lipinski definition) is 7. The van der Waals surface area contributed by atoms with Gasteiger partial charge in [-0.2, -0.15) is 13.2 Å². The number of benzene rings is 1. The number of carboxylic acid groups (broad SMARTS) is 2. The highest BCUT2D eigenvalue weighted by Gasteiger charge is 2.38. The monoisotopic (exact) mass is 523 g/mol. The maximum atomic E-state index is 12.6. The number of piperazine rings is 1. The summed E-state index contributed by atoms with van der Waals surface area (Å²) in [5.74, 6) is -3.85. The van der Waals surface area contributed by atoms with Gasteiger partial charge in [0.1, 0.15) is 4.21 Å². The second-order valence-corrected chi connectivity index (χ2v) is 10.1. The van der Waals surface area contributed by atoms with Gasteiger partial charge in [0.15, 0.2) is 0 Å². The molecule has 1 aromatic heterocycles. The van der Waals surface area contributed by atoms with E-state index < -0.39 is 28.1 Å². The number of aliphatic carboxylic acids is 1. The molecule has 14 heteroatoms. The number of aromatic carboxylic acids is 1. The summed E-state index contributed by atoms with van der Waals surface area (Å²) in [6, 6.07) is 7.78. The fourth-order valence-corrected chi connectivity index (χ4v) is 5.22. The first-order valence-corrected chi connectivity index (χ1v) is 12.4. The van der Waals surface area contributed by atoms with Crippen LogP contribution < -0.4 is 9.62 Å². The van der Waals surface area contributed by atoms with Gasteiger partial charge in [0.25, 0.3) is 10.0 Å². The van der Waals surface area contributed by atoms with Crippen molar-refractivity contribution in [2.75, 3.05) is 42.3 Å². The molecular formula is C20H24F3N3O6S2. The molecular weight excluding hydrogens is 499 g/mol. The number of sulfonamides is 1. The molecule has 0 saturated carbocycles. The number of alkyl halides is 3. The Morgan fingerprint density at radius 2 is 1.74 bits per heavy atom. The van der Waals surface area contributed by atoms with Crippen LogP contribution in [0.1, 0.15) is 23.7 Å². The van der Waals surface area contributed by atoms with E-state index in [1.807, 2.05) is 0 Å². The fourth-order valence-electron chi connectivity index (χ4n) is 3.17. The van der Waals surface area contributed by atoms with Crippen LogP contribution in [0.5, 0.6) is 0 Å². The molecule has 2 aromatic rings. The van der Waals surface area contributed by atoms with Crippen molar-refractivity contribution in [3.05, 3.63) is 41.3 Å². The zero-order chi connectivity index (χ0) is 25.5. The quantitative estimate of drug-likeness (QED) is 0.504. The van der Waals surface area contributed by atoms with Crippen molar-refractivity contribution in [2.24, 2.45) is 0 Å². The number of anilines is 2. The van der Waals surface area contributed by atoms with Gasteiger partial charge in [-0.15, -0.1) is 11.3 Å². The van der Waals surface area contributed by atoms with Gasteiger partial charge in [-0.25, -0.2) is 18.0 Å². The van der Waals surface area contributed by atoms with Gasteiger partial charge in [0.05, 0.1) is 16.9 Å². The smallest absolute Gasteiger partial charge is 0.478 e. The molecule has 34 heavy (non-hydrogen) atoms. The molecule has 1 saturated heterocycles. The predicted octanol–water partition coefficient (Wildman–Crippen LogP) is 3.41. The molecule has 0 amide bonds. The summed E-state index contributed by atoms with van der Waals surface area (Å²) in [6.07, 6.45) is -3.99. The van der Waals surface area contributed by atoms with Crippen LogP contribution in [0.3, 0.4) is 0 Å². The van der Waals surface area contributed by atoms with Crippen molar-refractivity contribution >= 4 is 44.7 Å². The molecule has 3 N–H and O–H groups in total. The van der Waals surface area contributed by atoms with Gasteiger partial charge in [-0.3, -0.25) is 9.62 Å². The number of hydrogen-bond donors (Lipinski definition) is 3. The highest BCUT2D eigenvalue weighted by molar-refractivity contribution is 7.94. The lowest BCUT2D eigenvalue weighted by Crippen LogP contribution is -2.46. The lowest BCUT2D eigenvalue weighted by molar-refractivity contribution is -0.192. The summed E-state index contributed by atoms with van der Waals surface area (Å²) >= 11 is 1.12. The summed E-state index contributed by atoms with van der Waals surface area (Å²) in [4.78, 5) is 24.7. The summed E-state index contributed by atoms with van der Waals surface area (Å²) in [7, 11) is -3.75. The molecule has 9 nitrogen and oxygen atoms in total. The van der Waals surface area contributed by atoms with Gasteiger partial charge in [0.2, 0.25) is 0 Å². The molecule has 0 spiro atoms. The third-order valence-corrected chi connectivity index (χ3v) is 7.51. The lowest BCUT2D eigenvalue weighted by atomic mass is 10.1. The molecule has 1 aliphatic rings. The number of nitrogens with zero attached hydrogens (tertiary/aromatic N) is 2. The molecule has 1 aromatic carbocycles. The van der Waals surface area contributed by atoms with Crippen LogP contribution in [0.2, 0.25) is 0 Å². The Morgan fingerprint density at radius 1 is 1.12 bits per heavy atom. The van der Waals surface area contributed by atoms with E-state index in [9.17, 15) is 31.5 Å². The van der Waals surface area contributed by atoms with Crippen molar-refractivity contribution in [3.8, 4) is 0 Å². The Morgan fingerprint density at radius 3 is 2.21 bits per heavy atom. The molecule has 0 bridgehead atoms. The van der Waals surface area contributed by atoms with Gasteiger partial charge in [-0.05, 0) is 42.6 Å². The fraction of sp³-hybridized carbons (Fsp3) is 0.400. The number of halogens is 3. The minimum atomic E-state index is -5.08. The number of thiophene rings is 1. The van der Waals surface area contributed by atoms with E-state index in [4.69, 9.17) is 9.90 Å². The summed E-state index contributed by atoms with van der Waals surface area (Å²) in [5.41, 5.74) is 1.05. The van der Waals surface area contributed by atoms with Gasteiger partial charge >= 0.3 is 18.1 Å². The van der Waals surface area contributed by atoms with Crippen molar-refractivity contribution in [1.29, 1.82) is 0 Å². The average Bonchev–Trinajstić information content (AvgIpc) is 3.30. The SMILES string of the molecule is CCCN1CCN(c2ccc(C(=O)O)cc2NS(=O)(=O)c2cccs2)CC1.O=C(O)C(F)(F)F. The lowest BCUT2D eigenvalue weighted by Gasteiger charge is -2.36. The number of carbonyl (C=O) groups is 2. The molecule has 0 atom stereocenters. The van der Waals surface area contributed by atoms with Gasteiger partial charge < -0.3 is 15.1 Å². The molecule has 0 unspecified atom stereocenters. The normalized spacial score (nSPS) is 14.8. The Balaban J connectivity index is 0.000000509. The Bertz CT molecular complexity index is 1080. The van der Waals surface area contributed by atoms with Crippen LogP contribution in [0.15, 0.2) is 39.9 Å². The second-order valence-electron chi connectivity index (χ2n) is 7.21. The molecule has 0 radical (unpaired) electrons. The van der Waals surface area contributed by atoms with E-state index >= 15 is 0 Å². The van der Waals surface area contributed by atoms with E-state index in [1.54, 1.807) is 17.5 Å². The minimum Gasteiger partial charge on any atom is -0.478 e. The topological polar surface area (TPSA) is 127 Å². The highest BCUT2D eigenvalue weighted by Crippen LogP contribution is 2.31. The van der Waals surface area contributed by atoms with Crippen LogP contribution in [0.4, 0.5) is 24.5 Å². The maximum absolute atomic E-state index is 12.6. The Hall–Kier alpha value is -2.84. The minimum absolute atomic E-state index is 0.0484. The van der Waals surface area contributed by atoms with Crippen LogP contribution in [0, 0.1) is 0 Å². The van der Waals surface area contributed by atoms with Crippen LogP contribution in [-0.4, -0.2) is 74.4 Å². The average molecular weight is 524 g/mol. The van der Waals surface area contributed by atoms with Crippen molar-refractivity contribution < 1.29 is 41.4 Å². The molecule has 3 rings (SSSR count). The third kappa shape index (κ3) is 7.60. The van der Waals surface area contributed by atoms with E-state index in [2.05, 4.69) is 21.4 Å². The molecule has 2 heterocycles. The first-order valence-electron chi connectivity index (χ1n) is 10.1. The van der Waals surface area contributed by atoms with Crippen LogP contribution in [-0.2, 0) is 14.8 Å². The number of rotatable bonds is 7. The zero-order valence-corrected chi connectivity index (χ0v) is 19.7. The van der Waals surface area contributed by atoms with Crippen LogP contribution >= 0.6 is 11.3 Å². The number of carboxylic acids is 2. The Labute approximate surface area is 198 Å². The standard InChI is InChI=1S/C18H23N3O4S2.C2HF3O2/c1-2-7-20-8-10-21(11-9-20)16-6-5-14(18(22)23)13-15(16)19-27(24,25)17-4-3-12-26-17;3-2(4,5)1(6)7/h3-6,12-13,19H,2,7-11H2,1H3,(H,22,23);(H,6,7). The first kappa shape index (κ1) is 27.4. The first-order chi connectivity index (χ1) is 15.8. The van der Waals surface area contributed by atoms with Crippen molar-refractivity contribution in [1.82, 2.24) is 4.90 Å². The van der Waals surface area contributed by atoms with Crippen molar-refractivity contribution in [3.63, 3.8) is 0 Å². The molecule has 188 valence electrons. The summed E-state index contributed by atoms with van der Waals surface area (Å²) < 4.78 is 59.8. The van der Waals surface area contributed by atoms with E-state index in [-0.39, 0.29) is 9.77 Å². The van der Waals surface area contributed by atoms with Crippen LogP contribution in [0.25, 0.3) is 0 Å². The van der Waals surface area contributed by atoms with Gasteiger partial charge in [-0.1, -0.05) is 13.0 Å². The van der Waals surface area contributed by atoms with E-state index in [0.717, 1.165) is 50.5 Å². The van der Waals surface area contributed by atoms with Gasteiger partial charge in [0, 0.05) is 26.2 Å². The highest BCUT2D eigenvalue weighted by atomic mass is 32.2. The van der Waals surface area contributed by atoms with Crippen molar-refractivity contribution in [2.45, 2.75) is 23.7 Å². The molecule has 1 fully saturated rings. The largest absolute Gasteiger partial charge is 0.490 e. The summed E-state index contributed by atoms with van der Waals surface area (Å²) in [5, 5.41) is 18.1. The second kappa shape index (κ2) is 11.5. The molecule has 0 aliphatic carbocycles. The predicted molar refractivity (Wildman–Crippen MR) is 121 cm³/mol. The summed E-state index contributed by atoms with van der Waals surface area (Å²) in [6.45, 7) is 6.51. The van der Waals surface area contributed by atoms with E-state index in [0.29, 0.717) is 11.4 Å².